The van der Waals surface area contributed by atoms with Crippen LogP contribution in [0, 0.1) is 11.7 Å². The van der Waals surface area contributed by atoms with Crippen molar-refractivity contribution in [2.75, 3.05) is 13.1 Å². The number of carbonyl (C=O) groups excluding carboxylic acids is 1. The average molecular weight is 334 g/mol. The van der Waals surface area contributed by atoms with Crippen molar-refractivity contribution in [1.82, 2.24) is 10.2 Å². The largest absolute Gasteiger partial charge is 0.393 e. The molecule has 1 unspecified atom stereocenters. The van der Waals surface area contributed by atoms with Crippen LogP contribution in [0.1, 0.15) is 44.1 Å². The van der Waals surface area contributed by atoms with Gasteiger partial charge in [-0.25, -0.2) is 4.39 Å². The predicted octanol–water partition coefficient (Wildman–Crippen LogP) is 2.46. The summed E-state index contributed by atoms with van der Waals surface area (Å²) in [4.78, 5) is 14.8. The molecule has 1 atom stereocenters. The molecule has 1 saturated carbocycles. The van der Waals surface area contributed by atoms with Crippen LogP contribution in [0.5, 0.6) is 0 Å². The van der Waals surface area contributed by atoms with Gasteiger partial charge in [0.15, 0.2) is 0 Å². The lowest BCUT2D eigenvalue weighted by Gasteiger charge is -2.34. The van der Waals surface area contributed by atoms with Gasteiger partial charge in [-0.15, -0.1) is 0 Å². The Labute approximate surface area is 143 Å². The maximum Gasteiger partial charge on any atom is 0.224 e. The summed E-state index contributed by atoms with van der Waals surface area (Å²) in [5.41, 5.74) is 0.956. The Kier molecular flexibility index (Phi) is 5.85. The van der Waals surface area contributed by atoms with Gasteiger partial charge in [-0.1, -0.05) is 12.1 Å². The Bertz CT molecular complexity index is 558. The average Bonchev–Trinajstić information content (AvgIpc) is 2.57. The molecular weight excluding hydrogens is 307 g/mol. The summed E-state index contributed by atoms with van der Waals surface area (Å²) in [7, 11) is 0. The number of carbonyl (C=O) groups is 1. The van der Waals surface area contributed by atoms with Crippen molar-refractivity contribution in [1.29, 1.82) is 0 Å². The van der Waals surface area contributed by atoms with Crippen LogP contribution in [0.15, 0.2) is 24.3 Å². The molecule has 1 aromatic rings. The molecule has 2 N–H and O–H groups in total. The van der Waals surface area contributed by atoms with Crippen molar-refractivity contribution in [2.45, 2.75) is 57.2 Å². The summed E-state index contributed by atoms with van der Waals surface area (Å²) in [5, 5.41) is 12.7. The summed E-state index contributed by atoms with van der Waals surface area (Å²) in [6, 6.07) is 6.89. The fourth-order valence-corrected chi connectivity index (χ4v) is 3.85. The molecule has 2 aliphatic rings. The first-order valence-electron chi connectivity index (χ1n) is 9.05. The molecular formula is C19H27FN2O2. The van der Waals surface area contributed by atoms with E-state index in [1.165, 1.54) is 6.07 Å². The van der Waals surface area contributed by atoms with Gasteiger partial charge in [0, 0.05) is 19.1 Å². The van der Waals surface area contributed by atoms with Gasteiger partial charge >= 0.3 is 0 Å². The molecule has 0 aromatic heterocycles. The van der Waals surface area contributed by atoms with Crippen LogP contribution in [0.3, 0.4) is 0 Å². The SMILES string of the molecule is O=C(NC1CCC(O)CC1)C1CCCN(Cc2cccc(F)c2)C1. The number of halogens is 1. The lowest BCUT2D eigenvalue weighted by atomic mass is 9.91. The monoisotopic (exact) mass is 334 g/mol. The molecule has 132 valence electrons. The van der Waals surface area contributed by atoms with Crippen LogP contribution in [0.25, 0.3) is 0 Å². The highest BCUT2D eigenvalue weighted by Crippen LogP contribution is 2.22. The Morgan fingerprint density at radius 2 is 2.04 bits per heavy atom. The van der Waals surface area contributed by atoms with E-state index in [-0.39, 0.29) is 29.8 Å². The fourth-order valence-electron chi connectivity index (χ4n) is 3.85. The summed E-state index contributed by atoms with van der Waals surface area (Å²) in [5.74, 6) is -0.0576. The van der Waals surface area contributed by atoms with Gasteiger partial charge in [-0.05, 0) is 62.8 Å². The molecule has 1 saturated heterocycles. The Morgan fingerprint density at radius 1 is 1.25 bits per heavy atom. The minimum atomic E-state index is -0.210. The number of aliphatic hydroxyl groups is 1. The van der Waals surface area contributed by atoms with Crippen molar-refractivity contribution < 1.29 is 14.3 Å². The second-order valence-corrected chi connectivity index (χ2v) is 7.22. The molecule has 2 fully saturated rings. The number of benzene rings is 1. The van der Waals surface area contributed by atoms with Crippen molar-refractivity contribution in [2.24, 2.45) is 5.92 Å². The molecule has 4 nitrogen and oxygen atoms in total. The van der Waals surface area contributed by atoms with Crippen LogP contribution < -0.4 is 5.32 Å². The number of hydrogen-bond donors (Lipinski definition) is 2. The second-order valence-electron chi connectivity index (χ2n) is 7.22. The van der Waals surface area contributed by atoms with Crippen LogP contribution in [0.4, 0.5) is 4.39 Å². The number of hydrogen-bond acceptors (Lipinski definition) is 3. The quantitative estimate of drug-likeness (QED) is 0.889. The van der Waals surface area contributed by atoms with E-state index in [4.69, 9.17) is 0 Å². The third-order valence-electron chi connectivity index (χ3n) is 5.21. The molecule has 0 spiro atoms. The van der Waals surface area contributed by atoms with E-state index in [9.17, 15) is 14.3 Å². The zero-order valence-electron chi connectivity index (χ0n) is 14.1. The summed E-state index contributed by atoms with van der Waals surface area (Å²) >= 11 is 0. The van der Waals surface area contributed by atoms with Gasteiger partial charge in [0.2, 0.25) is 5.91 Å². The maximum absolute atomic E-state index is 13.3. The molecule has 1 heterocycles. The molecule has 1 aliphatic heterocycles. The maximum atomic E-state index is 13.3. The van der Waals surface area contributed by atoms with E-state index in [2.05, 4.69) is 10.2 Å². The summed E-state index contributed by atoms with van der Waals surface area (Å²) in [6.07, 6.45) is 5.01. The molecule has 0 radical (unpaired) electrons. The van der Waals surface area contributed by atoms with E-state index in [0.29, 0.717) is 6.54 Å². The minimum Gasteiger partial charge on any atom is -0.393 e. The number of nitrogens with zero attached hydrogens (tertiary/aromatic N) is 1. The van der Waals surface area contributed by atoms with E-state index in [0.717, 1.165) is 57.2 Å². The Balaban J connectivity index is 1.50. The zero-order valence-corrected chi connectivity index (χ0v) is 14.1. The molecule has 1 amide bonds. The van der Waals surface area contributed by atoms with Gasteiger partial charge in [0.1, 0.15) is 5.82 Å². The third kappa shape index (κ3) is 4.77. The second kappa shape index (κ2) is 8.08. The van der Waals surface area contributed by atoms with Crippen molar-refractivity contribution >= 4 is 5.91 Å². The Hall–Kier alpha value is -1.46. The van der Waals surface area contributed by atoms with Crippen molar-refractivity contribution in [3.63, 3.8) is 0 Å². The van der Waals surface area contributed by atoms with E-state index < -0.39 is 0 Å². The van der Waals surface area contributed by atoms with E-state index in [1.807, 2.05) is 6.07 Å². The van der Waals surface area contributed by atoms with Crippen molar-refractivity contribution in [3.8, 4) is 0 Å². The first-order chi connectivity index (χ1) is 11.6. The Morgan fingerprint density at radius 3 is 2.79 bits per heavy atom. The van der Waals surface area contributed by atoms with Crippen LogP contribution in [-0.4, -0.2) is 41.1 Å². The smallest absolute Gasteiger partial charge is 0.224 e. The highest BCUT2D eigenvalue weighted by Gasteiger charge is 2.28. The number of likely N-dealkylation sites (tertiary alicyclic amines) is 1. The van der Waals surface area contributed by atoms with Crippen LogP contribution in [-0.2, 0) is 11.3 Å². The number of rotatable bonds is 4. The summed E-state index contributed by atoms with van der Waals surface area (Å²) < 4.78 is 13.3. The van der Waals surface area contributed by atoms with Gasteiger partial charge in [-0.2, -0.15) is 0 Å². The molecule has 1 aliphatic carbocycles. The first-order valence-corrected chi connectivity index (χ1v) is 9.05. The number of aliphatic hydroxyl groups excluding tert-OH is 1. The van der Waals surface area contributed by atoms with E-state index >= 15 is 0 Å². The number of amides is 1. The van der Waals surface area contributed by atoms with Gasteiger partial charge in [0.05, 0.1) is 12.0 Å². The topological polar surface area (TPSA) is 52.6 Å². The van der Waals surface area contributed by atoms with Crippen molar-refractivity contribution in [3.05, 3.63) is 35.6 Å². The first kappa shape index (κ1) is 17.4. The molecule has 0 bridgehead atoms. The molecule has 1 aromatic carbocycles. The standard InChI is InChI=1S/C19H27FN2O2/c20-16-5-1-3-14(11-16)12-22-10-2-4-15(13-22)19(24)21-17-6-8-18(23)9-7-17/h1,3,5,11,15,17-18,23H,2,4,6-10,12-13H2,(H,21,24). The number of nitrogens with one attached hydrogen (secondary N) is 1. The predicted molar refractivity (Wildman–Crippen MR) is 90.8 cm³/mol. The molecule has 3 rings (SSSR count). The summed E-state index contributed by atoms with van der Waals surface area (Å²) in [6.45, 7) is 2.38. The highest BCUT2D eigenvalue weighted by molar-refractivity contribution is 5.79. The minimum absolute atomic E-state index is 0.0131. The molecule has 5 heteroatoms. The number of piperidine rings is 1. The lowest BCUT2D eigenvalue weighted by molar-refractivity contribution is -0.127. The molecule has 24 heavy (non-hydrogen) atoms. The van der Waals surface area contributed by atoms with Gasteiger partial charge in [0.25, 0.3) is 0 Å². The zero-order chi connectivity index (χ0) is 16.9. The van der Waals surface area contributed by atoms with Crippen LogP contribution >= 0.6 is 0 Å². The lowest BCUT2D eigenvalue weighted by Crippen LogP contribution is -2.46. The van der Waals surface area contributed by atoms with E-state index in [1.54, 1.807) is 12.1 Å². The fraction of sp³-hybridized carbons (Fsp3) is 0.632. The normalized spacial score (nSPS) is 28.5. The van der Waals surface area contributed by atoms with Gasteiger partial charge in [-0.3, -0.25) is 9.69 Å². The highest BCUT2D eigenvalue weighted by atomic mass is 19.1. The van der Waals surface area contributed by atoms with Crippen LogP contribution in [0.2, 0.25) is 0 Å². The van der Waals surface area contributed by atoms with Gasteiger partial charge < -0.3 is 10.4 Å². The third-order valence-corrected chi connectivity index (χ3v) is 5.21.